The summed E-state index contributed by atoms with van der Waals surface area (Å²) in [4.78, 5) is 2.69. The summed E-state index contributed by atoms with van der Waals surface area (Å²) in [6.07, 6.45) is 3.42. The van der Waals surface area contributed by atoms with E-state index in [-0.39, 0.29) is 0 Å². The molecule has 3 N–H and O–H groups in total. The van der Waals surface area contributed by atoms with Crippen molar-refractivity contribution in [2.45, 2.75) is 24.2 Å². The molecule has 2 aromatic rings. The van der Waals surface area contributed by atoms with Gasteiger partial charge in [-0.15, -0.1) is 0 Å². The van der Waals surface area contributed by atoms with Crippen molar-refractivity contribution in [3.05, 3.63) is 42.5 Å². The van der Waals surface area contributed by atoms with Crippen LogP contribution >= 0.6 is 0 Å². The Bertz CT molecular complexity index is 794. The number of piperidine rings is 1. The van der Waals surface area contributed by atoms with E-state index in [1.807, 2.05) is 30.3 Å². The van der Waals surface area contributed by atoms with Gasteiger partial charge in [-0.2, -0.15) is 0 Å². The monoisotopic (exact) mass is 361 g/mol. The maximum atomic E-state index is 12.7. The number of nitrogens with two attached hydrogens (primary N) is 1. The minimum Gasteiger partial charge on any atom is -0.330 e. The van der Waals surface area contributed by atoms with Gasteiger partial charge in [0.05, 0.1) is 4.90 Å². The van der Waals surface area contributed by atoms with E-state index in [0.29, 0.717) is 11.4 Å². The first kappa shape index (κ1) is 18.3. The van der Waals surface area contributed by atoms with E-state index in [1.165, 1.54) is 0 Å². The average molecular weight is 362 g/mol. The van der Waals surface area contributed by atoms with Crippen LogP contribution in [0.3, 0.4) is 0 Å². The predicted molar refractivity (Wildman–Crippen MR) is 102 cm³/mol. The van der Waals surface area contributed by atoms with Crippen molar-refractivity contribution in [1.82, 2.24) is 9.62 Å². The third kappa shape index (κ3) is 4.58. The second-order valence-corrected chi connectivity index (χ2v) is 8.47. The molecular weight excluding hydrogens is 334 g/mol. The predicted octanol–water partition coefficient (Wildman–Crippen LogP) is 2.18. The van der Waals surface area contributed by atoms with Crippen LogP contribution in [0.1, 0.15) is 19.3 Å². The third-order valence-corrected chi connectivity index (χ3v) is 6.56. The summed E-state index contributed by atoms with van der Waals surface area (Å²) < 4.78 is 28.1. The SMILES string of the molecule is NCCC1CCN(CCNS(=O)(=O)c2cccc3ccccc23)CC1. The van der Waals surface area contributed by atoms with E-state index in [4.69, 9.17) is 5.73 Å². The molecule has 1 heterocycles. The van der Waals surface area contributed by atoms with Crippen molar-refractivity contribution in [2.24, 2.45) is 11.7 Å². The van der Waals surface area contributed by atoms with E-state index in [9.17, 15) is 8.42 Å². The molecule has 0 aromatic heterocycles. The number of likely N-dealkylation sites (tertiary alicyclic amines) is 1. The fraction of sp³-hybridized carbons (Fsp3) is 0.474. The van der Waals surface area contributed by atoms with Gasteiger partial charge in [0, 0.05) is 18.5 Å². The highest BCUT2D eigenvalue weighted by atomic mass is 32.2. The maximum Gasteiger partial charge on any atom is 0.241 e. The molecule has 25 heavy (non-hydrogen) atoms. The van der Waals surface area contributed by atoms with Crippen molar-refractivity contribution < 1.29 is 8.42 Å². The van der Waals surface area contributed by atoms with Crippen LogP contribution in [-0.4, -0.2) is 46.0 Å². The number of hydrogen-bond donors (Lipinski definition) is 2. The molecule has 1 saturated heterocycles. The molecule has 0 aliphatic carbocycles. The number of rotatable bonds is 7. The molecular formula is C19H27N3O2S. The molecule has 0 spiro atoms. The van der Waals surface area contributed by atoms with Crippen LogP contribution < -0.4 is 10.5 Å². The zero-order valence-corrected chi connectivity index (χ0v) is 15.3. The van der Waals surface area contributed by atoms with Gasteiger partial charge in [-0.05, 0) is 56.3 Å². The van der Waals surface area contributed by atoms with Crippen LogP contribution in [0.2, 0.25) is 0 Å². The normalized spacial score (nSPS) is 17.2. The highest BCUT2D eigenvalue weighted by Crippen LogP contribution is 2.23. The lowest BCUT2D eigenvalue weighted by molar-refractivity contribution is 0.183. The number of benzene rings is 2. The summed E-state index contributed by atoms with van der Waals surface area (Å²) in [6.45, 7) is 4.00. The van der Waals surface area contributed by atoms with Crippen molar-refractivity contribution in [2.75, 3.05) is 32.7 Å². The quantitative estimate of drug-likeness (QED) is 0.793. The van der Waals surface area contributed by atoms with Gasteiger partial charge in [-0.3, -0.25) is 0 Å². The molecule has 0 atom stereocenters. The molecule has 0 unspecified atom stereocenters. The van der Waals surface area contributed by atoms with Crippen molar-refractivity contribution in [3.63, 3.8) is 0 Å². The van der Waals surface area contributed by atoms with Crippen LogP contribution in [0.4, 0.5) is 0 Å². The Balaban J connectivity index is 1.57. The fourth-order valence-corrected chi connectivity index (χ4v) is 4.83. The van der Waals surface area contributed by atoms with Crippen LogP contribution in [-0.2, 0) is 10.0 Å². The Morgan fingerprint density at radius 3 is 2.56 bits per heavy atom. The Hall–Kier alpha value is -1.47. The van der Waals surface area contributed by atoms with Crippen LogP contribution in [0.25, 0.3) is 10.8 Å². The summed E-state index contributed by atoms with van der Waals surface area (Å²) in [5, 5.41) is 1.70. The molecule has 1 aliphatic heterocycles. The summed E-state index contributed by atoms with van der Waals surface area (Å²) in [7, 11) is -3.50. The number of fused-ring (bicyclic) bond motifs is 1. The van der Waals surface area contributed by atoms with Gasteiger partial charge in [-0.1, -0.05) is 36.4 Å². The Kier molecular flexibility index (Phi) is 6.06. The zero-order valence-electron chi connectivity index (χ0n) is 14.5. The summed E-state index contributed by atoms with van der Waals surface area (Å²) in [6, 6.07) is 13.0. The molecule has 0 saturated carbocycles. The van der Waals surface area contributed by atoms with Gasteiger partial charge < -0.3 is 10.6 Å². The second-order valence-electron chi connectivity index (χ2n) is 6.74. The summed E-state index contributed by atoms with van der Waals surface area (Å²) in [5.41, 5.74) is 5.63. The molecule has 5 nitrogen and oxygen atoms in total. The van der Waals surface area contributed by atoms with Gasteiger partial charge in [0.2, 0.25) is 10.0 Å². The van der Waals surface area contributed by atoms with E-state index >= 15 is 0 Å². The number of sulfonamides is 1. The second kappa shape index (κ2) is 8.27. The van der Waals surface area contributed by atoms with Crippen LogP contribution in [0, 0.1) is 5.92 Å². The lowest BCUT2D eigenvalue weighted by Gasteiger charge is -2.31. The van der Waals surface area contributed by atoms with Crippen molar-refractivity contribution >= 4 is 20.8 Å². The standard InChI is InChI=1S/C19H27N3O2S/c20-11-8-16-9-13-22(14-10-16)15-12-21-25(23,24)19-7-3-5-17-4-1-2-6-18(17)19/h1-7,16,21H,8-15,20H2. The van der Waals surface area contributed by atoms with Gasteiger partial charge in [0.25, 0.3) is 0 Å². The first-order chi connectivity index (χ1) is 12.1. The number of nitrogens with zero attached hydrogens (tertiary/aromatic N) is 1. The van der Waals surface area contributed by atoms with E-state index in [1.54, 1.807) is 12.1 Å². The Labute approximate surface area is 150 Å². The Morgan fingerprint density at radius 1 is 1.08 bits per heavy atom. The maximum absolute atomic E-state index is 12.7. The minimum absolute atomic E-state index is 0.354. The average Bonchev–Trinajstić information content (AvgIpc) is 2.63. The van der Waals surface area contributed by atoms with Crippen LogP contribution in [0.5, 0.6) is 0 Å². The lowest BCUT2D eigenvalue weighted by Crippen LogP contribution is -2.39. The summed E-state index contributed by atoms with van der Waals surface area (Å²) in [5.74, 6) is 0.730. The highest BCUT2D eigenvalue weighted by molar-refractivity contribution is 7.89. The van der Waals surface area contributed by atoms with Gasteiger partial charge in [0.1, 0.15) is 0 Å². The van der Waals surface area contributed by atoms with Crippen LogP contribution in [0.15, 0.2) is 47.4 Å². The smallest absolute Gasteiger partial charge is 0.241 e. The van der Waals surface area contributed by atoms with Crippen molar-refractivity contribution in [1.29, 1.82) is 0 Å². The summed E-state index contributed by atoms with van der Waals surface area (Å²) >= 11 is 0. The Morgan fingerprint density at radius 2 is 1.80 bits per heavy atom. The van der Waals surface area contributed by atoms with Gasteiger partial charge in [0.15, 0.2) is 0 Å². The molecule has 0 radical (unpaired) electrons. The largest absolute Gasteiger partial charge is 0.330 e. The first-order valence-electron chi connectivity index (χ1n) is 9.00. The lowest BCUT2D eigenvalue weighted by atomic mass is 9.94. The van der Waals surface area contributed by atoms with Gasteiger partial charge >= 0.3 is 0 Å². The number of hydrogen-bond acceptors (Lipinski definition) is 4. The molecule has 136 valence electrons. The zero-order chi connectivity index (χ0) is 17.7. The first-order valence-corrected chi connectivity index (χ1v) is 10.5. The molecule has 6 heteroatoms. The molecule has 3 rings (SSSR count). The minimum atomic E-state index is -3.50. The van der Waals surface area contributed by atoms with Gasteiger partial charge in [-0.25, -0.2) is 13.1 Å². The highest BCUT2D eigenvalue weighted by Gasteiger charge is 2.20. The molecule has 2 aromatic carbocycles. The topological polar surface area (TPSA) is 75.4 Å². The van der Waals surface area contributed by atoms with E-state index in [0.717, 1.165) is 62.1 Å². The fourth-order valence-electron chi connectivity index (χ4n) is 3.58. The third-order valence-electron chi connectivity index (χ3n) is 5.04. The molecule has 1 fully saturated rings. The number of nitrogens with one attached hydrogen (secondary N) is 1. The molecule has 0 amide bonds. The molecule has 0 bridgehead atoms. The molecule has 1 aliphatic rings. The van der Waals surface area contributed by atoms with E-state index in [2.05, 4.69) is 9.62 Å². The van der Waals surface area contributed by atoms with Crippen molar-refractivity contribution in [3.8, 4) is 0 Å². The van der Waals surface area contributed by atoms with E-state index < -0.39 is 10.0 Å².